The van der Waals surface area contributed by atoms with E-state index in [0.717, 1.165) is 34.6 Å². The van der Waals surface area contributed by atoms with Gasteiger partial charge in [-0.25, -0.2) is 9.69 Å². The molecule has 0 saturated heterocycles. The zero-order valence-corrected chi connectivity index (χ0v) is 23.3. The zero-order chi connectivity index (χ0) is 28.8. The molecule has 0 spiro atoms. The second-order valence-corrected chi connectivity index (χ2v) is 9.51. The Morgan fingerprint density at radius 1 is 0.850 bits per heavy atom. The van der Waals surface area contributed by atoms with Crippen molar-refractivity contribution in [3.63, 3.8) is 0 Å². The molecule has 0 aromatic heterocycles. The molecule has 3 amide bonds. The highest BCUT2D eigenvalue weighted by molar-refractivity contribution is 6.53. The van der Waals surface area contributed by atoms with Crippen LogP contribution in [0.4, 0.5) is 17.1 Å². The van der Waals surface area contributed by atoms with Gasteiger partial charge in [-0.15, -0.1) is 0 Å². The van der Waals surface area contributed by atoms with Crippen LogP contribution in [0.3, 0.4) is 0 Å². The largest absolute Gasteiger partial charge is 0.462 e. The molecule has 3 aromatic carbocycles. The van der Waals surface area contributed by atoms with Crippen molar-refractivity contribution in [3.8, 4) is 0 Å². The van der Waals surface area contributed by atoms with E-state index in [0.29, 0.717) is 29.8 Å². The molecule has 1 heterocycles. The minimum atomic E-state index is -0.701. The zero-order valence-electron chi connectivity index (χ0n) is 22.5. The predicted molar refractivity (Wildman–Crippen MR) is 156 cm³/mol. The first kappa shape index (κ1) is 28.6. The Balaban J connectivity index is 1.51. The lowest BCUT2D eigenvalue weighted by molar-refractivity contribution is -0.120. The number of carbonyl (C=O) groups is 4. The molecule has 1 aliphatic heterocycles. The summed E-state index contributed by atoms with van der Waals surface area (Å²) in [5.74, 6) is -2.14. The van der Waals surface area contributed by atoms with Gasteiger partial charge < -0.3 is 15.4 Å². The molecule has 9 heteroatoms. The molecule has 206 valence electrons. The standard InChI is InChI=1S/C31H30ClN3O5/c1-4-17-40-31(39)21-13-15-24(16-14-21)35-29(37)25(32)27(30(35)38)33-23-12-8-11-22(18-23)28(36)34-26-19(5-2)9-7-10-20(26)6-3/h7-16,18,33H,4-6,17H2,1-3H3,(H,34,36). The average molecular weight is 560 g/mol. The summed E-state index contributed by atoms with van der Waals surface area (Å²) in [5.41, 5.74) is 4.12. The number of nitrogens with zero attached hydrogens (tertiary/aromatic N) is 1. The van der Waals surface area contributed by atoms with E-state index in [1.165, 1.54) is 24.3 Å². The second kappa shape index (κ2) is 12.6. The van der Waals surface area contributed by atoms with Crippen LogP contribution < -0.4 is 15.5 Å². The van der Waals surface area contributed by atoms with E-state index in [2.05, 4.69) is 10.6 Å². The Kier molecular flexibility index (Phi) is 9.01. The van der Waals surface area contributed by atoms with Crippen molar-refractivity contribution in [1.29, 1.82) is 0 Å². The van der Waals surface area contributed by atoms with E-state index in [1.807, 2.05) is 39.0 Å². The quantitative estimate of drug-likeness (QED) is 0.231. The van der Waals surface area contributed by atoms with E-state index in [1.54, 1.807) is 24.3 Å². The molecule has 8 nitrogen and oxygen atoms in total. The van der Waals surface area contributed by atoms with Crippen molar-refractivity contribution in [1.82, 2.24) is 0 Å². The van der Waals surface area contributed by atoms with Crippen molar-refractivity contribution in [2.75, 3.05) is 22.1 Å². The molecule has 0 radical (unpaired) electrons. The number of benzene rings is 3. The normalized spacial score (nSPS) is 13.1. The highest BCUT2D eigenvalue weighted by Gasteiger charge is 2.39. The lowest BCUT2D eigenvalue weighted by Crippen LogP contribution is -2.32. The molecule has 0 aliphatic carbocycles. The van der Waals surface area contributed by atoms with Crippen molar-refractivity contribution in [2.24, 2.45) is 0 Å². The lowest BCUT2D eigenvalue weighted by atomic mass is 10.0. The number of para-hydroxylation sites is 1. The fourth-order valence-corrected chi connectivity index (χ4v) is 4.55. The van der Waals surface area contributed by atoms with Crippen molar-refractivity contribution < 1.29 is 23.9 Å². The number of aryl methyl sites for hydroxylation is 2. The van der Waals surface area contributed by atoms with Gasteiger partial charge in [0.1, 0.15) is 10.7 Å². The van der Waals surface area contributed by atoms with Gasteiger partial charge in [-0.3, -0.25) is 14.4 Å². The maximum absolute atomic E-state index is 13.2. The molecular weight excluding hydrogens is 530 g/mol. The molecule has 2 N–H and O–H groups in total. The number of halogens is 1. The van der Waals surface area contributed by atoms with E-state index in [4.69, 9.17) is 16.3 Å². The van der Waals surface area contributed by atoms with Gasteiger partial charge in [0.15, 0.2) is 0 Å². The fraction of sp³-hybridized carbons (Fsp3) is 0.226. The van der Waals surface area contributed by atoms with Gasteiger partial charge >= 0.3 is 5.97 Å². The van der Waals surface area contributed by atoms with E-state index < -0.39 is 17.8 Å². The molecule has 0 bridgehead atoms. The fourth-order valence-electron chi connectivity index (χ4n) is 4.34. The summed E-state index contributed by atoms with van der Waals surface area (Å²) in [6.45, 7) is 6.26. The third-order valence-corrected chi connectivity index (χ3v) is 6.81. The molecule has 0 unspecified atom stereocenters. The smallest absolute Gasteiger partial charge is 0.338 e. The van der Waals surface area contributed by atoms with Crippen LogP contribution in [-0.2, 0) is 27.2 Å². The lowest BCUT2D eigenvalue weighted by Gasteiger charge is -2.16. The van der Waals surface area contributed by atoms with Gasteiger partial charge in [0.25, 0.3) is 17.7 Å². The maximum Gasteiger partial charge on any atom is 0.338 e. The number of esters is 1. The minimum absolute atomic E-state index is 0.111. The summed E-state index contributed by atoms with van der Waals surface area (Å²) >= 11 is 6.29. The number of rotatable bonds is 10. The van der Waals surface area contributed by atoms with Crippen LogP contribution in [0.15, 0.2) is 77.5 Å². The summed E-state index contributed by atoms with van der Waals surface area (Å²) in [4.78, 5) is 52.3. The molecule has 0 atom stereocenters. The van der Waals surface area contributed by atoms with E-state index in [9.17, 15) is 19.2 Å². The molecule has 4 rings (SSSR count). The number of anilines is 3. The van der Waals surface area contributed by atoms with E-state index in [-0.39, 0.29) is 22.3 Å². The summed E-state index contributed by atoms with van der Waals surface area (Å²) in [5, 5.41) is 5.66. The maximum atomic E-state index is 13.2. The summed E-state index contributed by atoms with van der Waals surface area (Å²) < 4.78 is 5.11. The predicted octanol–water partition coefficient (Wildman–Crippen LogP) is 6.07. The SMILES string of the molecule is CCCOC(=O)c1ccc(N2C(=O)C(Cl)=C(Nc3cccc(C(=O)Nc4c(CC)cccc4CC)c3)C2=O)cc1. The number of hydrogen-bond donors (Lipinski definition) is 2. The topological polar surface area (TPSA) is 105 Å². The number of hydrogen-bond acceptors (Lipinski definition) is 6. The van der Waals surface area contributed by atoms with Crippen LogP contribution in [0.2, 0.25) is 0 Å². The second-order valence-electron chi connectivity index (χ2n) is 9.14. The Labute approximate surface area is 238 Å². The van der Waals surface area contributed by atoms with Crippen molar-refractivity contribution >= 4 is 52.4 Å². The van der Waals surface area contributed by atoms with Gasteiger partial charge in [-0.2, -0.15) is 0 Å². The first-order chi connectivity index (χ1) is 19.3. The highest BCUT2D eigenvalue weighted by Crippen LogP contribution is 2.31. The molecule has 40 heavy (non-hydrogen) atoms. The molecule has 3 aromatic rings. The van der Waals surface area contributed by atoms with Crippen molar-refractivity contribution in [2.45, 2.75) is 40.0 Å². The van der Waals surface area contributed by atoms with Crippen LogP contribution in [0, 0.1) is 0 Å². The first-order valence-corrected chi connectivity index (χ1v) is 13.5. The number of nitrogens with one attached hydrogen (secondary N) is 2. The molecule has 0 saturated carbocycles. The van der Waals surface area contributed by atoms with Crippen LogP contribution >= 0.6 is 11.6 Å². The Morgan fingerprint density at radius 2 is 1.50 bits per heavy atom. The Bertz CT molecular complexity index is 1470. The molecule has 0 fully saturated rings. The number of imide groups is 1. The third-order valence-electron chi connectivity index (χ3n) is 6.46. The van der Waals surface area contributed by atoms with Crippen LogP contribution in [0.25, 0.3) is 0 Å². The third kappa shape index (κ3) is 5.92. The van der Waals surface area contributed by atoms with Crippen LogP contribution in [0.1, 0.15) is 59.0 Å². The van der Waals surface area contributed by atoms with Gasteiger partial charge in [0.05, 0.1) is 17.9 Å². The van der Waals surface area contributed by atoms with E-state index >= 15 is 0 Å². The monoisotopic (exact) mass is 559 g/mol. The summed E-state index contributed by atoms with van der Waals surface area (Å²) in [6.07, 6.45) is 2.24. The van der Waals surface area contributed by atoms with Crippen LogP contribution in [0.5, 0.6) is 0 Å². The van der Waals surface area contributed by atoms with Crippen molar-refractivity contribution in [3.05, 3.63) is 99.7 Å². The Morgan fingerprint density at radius 3 is 2.12 bits per heavy atom. The molecule has 1 aliphatic rings. The first-order valence-electron chi connectivity index (χ1n) is 13.1. The van der Waals surface area contributed by atoms with Gasteiger partial charge in [-0.1, -0.05) is 56.6 Å². The number of ether oxygens (including phenoxy) is 1. The summed E-state index contributed by atoms with van der Waals surface area (Å²) in [6, 6.07) is 18.5. The van der Waals surface area contributed by atoms with Gasteiger partial charge in [0.2, 0.25) is 0 Å². The highest BCUT2D eigenvalue weighted by atomic mass is 35.5. The number of carbonyl (C=O) groups excluding carboxylic acids is 4. The molecular formula is C31H30ClN3O5. The van der Waals surface area contributed by atoms with Crippen LogP contribution in [-0.4, -0.2) is 30.3 Å². The number of amides is 3. The average Bonchev–Trinajstić information content (AvgIpc) is 3.18. The summed E-state index contributed by atoms with van der Waals surface area (Å²) in [7, 11) is 0. The Hall–Kier alpha value is -4.43. The van der Waals surface area contributed by atoms with Gasteiger partial charge in [0, 0.05) is 16.9 Å². The minimum Gasteiger partial charge on any atom is -0.462 e. The van der Waals surface area contributed by atoms with Gasteiger partial charge in [-0.05, 0) is 72.9 Å².